The van der Waals surface area contributed by atoms with E-state index in [-0.39, 0.29) is 23.4 Å². The minimum Gasteiger partial charge on any atom is -0.494 e. The molecule has 2 aliphatic heterocycles. The first-order chi connectivity index (χ1) is 14.1. The predicted molar refractivity (Wildman–Crippen MR) is 102 cm³/mol. The van der Waals surface area contributed by atoms with Crippen molar-refractivity contribution in [2.45, 2.75) is 37.4 Å². The Morgan fingerprint density at radius 1 is 1.28 bits per heavy atom. The van der Waals surface area contributed by atoms with Crippen LogP contribution in [0.1, 0.15) is 36.0 Å². The molecule has 2 saturated heterocycles. The molecule has 0 radical (unpaired) electrons. The zero-order valence-corrected chi connectivity index (χ0v) is 16.3. The van der Waals surface area contributed by atoms with E-state index < -0.39 is 5.82 Å². The van der Waals surface area contributed by atoms with Crippen LogP contribution in [-0.4, -0.2) is 59.3 Å². The lowest BCUT2D eigenvalue weighted by atomic mass is 9.83. The van der Waals surface area contributed by atoms with Gasteiger partial charge in [-0.1, -0.05) is 0 Å². The summed E-state index contributed by atoms with van der Waals surface area (Å²) >= 11 is 0. The van der Waals surface area contributed by atoms with Gasteiger partial charge in [0.05, 0.1) is 19.3 Å². The summed E-state index contributed by atoms with van der Waals surface area (Å²) in [7, 11) is 1.40. The minimum absolute atomic E-state index is 0.0101. The molecule has 154 valence electrons. The first-order valence-corrected chi connectivity index (χ1v) is 9.79. The Balaban J connectivity index is 1.36. The SMILES string of the molecule is COc1ccc(C(=O)N2CCC3(CC2)CC(Oc2ncccn2)CCO3)cc1F. The minimum atomic E-state index is -0.537. The van der Waals surface area contributed by atoms with Crippen molar-refractivity contribution in [3.8, 4) is 11.8 Å². The van der Waals surface area contributed by atoms with Gasteiger partial charge < -0.3 is 19.1 Å². The number of carbonyl (C=O) groups is 1. The molecule has 0 N–H and O–H groups in total. The largest absolute Gasteiger partial charge is 0.494 e. The van der Waals surface area contributed by atoms with Crippen molar-refractivity contribution < 1.29 is 23.4 Å². The maximum Gasteiger partial charge on any atom is 0.316 e. The summed E-state index contributed by atoms with van der Waals surface area (Å²) in [5, 5.41) is 0. The fourth-order valence-electron chi connectivity index (χ4n) is 4.03. The van der Waals surface area contributed by atoms with E-state index in [2.05, 4.69) is 9.97 Å². The molecule has 4 rings (SSSR count). The number of nitrogens with zero attached hydrogens (tertiary/aromatic N) is 3. The molecule has 2 aliphatic rings. The van der Waals surface area contributed by atoms with Gasteiger partial charge in [0, 0.05) is 43.9 Å². The molecule has 1 aromatic heterocycles. The third-order valence-corrected chi connectivity index (χ3v) is 5.62. The third-order valence-electron chi connectivity index (χ3n) is 5.62. The second-order valence-corrected chi connectivity index (χ2v) is 7.44. The van der Waals surface area contributed by atoms with Crippen LogP contribution in [0.3, 0.4) is 0 Å². The van der Waals surface area contributed by atoms with Crippen molar-refractivity contribution in [2.24, 2.45) is 0 Å². The van der Waals surface area contributed by atoms with Gasteiger partial charge in [-0.2, -0.15) is 0 Å². The number of ether oxygens (including phenoxy) is 3. The van der Waals surface area contributed by atoms with Gasteiger partial charge in [0.15, 0.2) is 11.6 Å². The first kappa shape index (κ1) is 19.6. The highest BCUT2D eigenvalue weighted by Gasteiger charge is 2.42. The van der Waals surface area contributed by atoms with Crippen LogP contribution in [0.5, 0.6) is 11.8 Å². The summed E-state index contributed by atoms with van der Waals surface area (Å²) in [4.78, 5) is 22.8. The molecular formula is C21H24FN3O4. The standard InChI is InChI=1S/C21H24FN3O4/c1-27-18-4-3-15(13-17(18)22)19(26)25-10-6-21(7-11-25)14-16(5-12-28-21)29-20-23-8-2-9-24-20/h2-4,8-9,13,16H,5-7,10-12,14H2,1H3. The van der Waals surface area contributed by atoms with Gasteiger partial charge in [-0.25, -0.2) is 14.4 Å². The molecule has 2 fully saturated rings. The van der Waals surface area contributed by atoms with Crippen molar-refractivity contribution in [3.05, 3.63) is 48.0 Å². The van der Waals surface area contributed by atoms with Crippen molar-refractivity contribution in [1.29, 1.82) is 0 Å². The second kappa shape index (κ2) is 8.32. The highest BCUT2D eigenvalue weighted by molar-refractivity contribution is 5.94. The van der Waals surface area contributed by atoms with Crippen LogP contribution >= 0.6 is 0 Å². The Kier molecular flexibility index (Phi) is 5.62. The predicted octanol–water partition coefficient (Wildman–Crippen LogP) is 2.86. The van der Waals surface area contributed by atoms with Crippen LogP contribution in [0, 0.1) is 5.82 Å². The van der Waals surface area contributed by atoms with Gasteiger partial charge in [-0.05, 0) is 37.1 Å². The average Bonchev–Trinajstić information content (AvgIpc) is 2.74. The topological polar surface area (TPSA) is 73.8 Å². The number of amides is 1. The quantitative estimate of drug-likeness (QED) is 0.784. The lowest BCUT2D eigenvalue weighted by molar-refractivity contribution is -0.136. The highest BCUT2D eigenvalue weighted by Crippen LogP contribution is 2.36. The molecule has 1 atom stereocenters. The van der Waals surface area contributed by atoms with Crippen LogP contribution in [0.15, 0.2) is 36.7 Å². The van der Waals surface area contributed by atoms with Gasteiger partial charge >= 0.3 is 6.01 Å². The number of piperidine rings is 1. The summed E-state index contributed by atoms with van der Waals surface area (Å²) in [6.07, 6.45) is 6.26. The van der Waals surface area contributed by atoms with Crippen molar-refractivity contribution in [2.75, 3.05) is 26.8 Å². The summed E-state index contributed by atoms with van der Waals surface area (Å²) in [6.45, 7) is 1.72. The Labute approximate surface area is 168 Å². The van der Waals surface area contributed by atoms with Crippen LogP contribution in [0.4, 0.5) is 4.39 Å². The number of hydrogen-bond acceptors (Lipinski definition) is 6. The van der Waals surface area contributed by atoms with Crippen LogP contribution in [-0.2, 0) is 4.74 Å². The summed E-state index contributed by atoms with van der Waals surface area (Å²) in [5.74, 6) is -0.587. The molecule has 2 aromatic rings. The zero-order chi connectivity index (χ0) is 20.3. The Bertz CT molecular complexity index is 856. The molecule has 1 unspecified atom stereocenters. The van der Waals surface area contributed by atoms with E-state index in [1.165, 1.54) is 19.2 Å². The Morgan fingerprint density at radius 2 is 2.03 bits per heavy atom. The molecule has 0 aliphatic carbocycles. The third kappa shape index (κ3) is 4.32. The Morgan fingerprint density at radius 3 is 2.72 bits per heavy atom. The molecule has 8 heteroatoms. The van der Waals surface area contributed by atoms with Gasteiger partial charge in [0.25, 0.3) is 5.91 Å². The fourth-order valence-corrected chi connectivity index (χ4v) is 4.03. The van der Waals surface area contributed by atoms with E-state index >= 15 is 0 Å². The van der Waals surface area contributed by atoms with E-state index in [9.17, 15) is 9.18 Å². The average molecular weight is 401 g/mol. The summed E-state index contributed by atoms with van der Waals surface area (Å²) < 4.78 is 30.9. The monoisotopic (exact) mass is 401 g/mol. The van der Waals surface area contributed by atoms with E-state index in [0.717, 1.165) is 12.8 Å². The molecular weight excluding hydrogens is 377 g/mol. The lowest BCUT2D eigenvalue weighted by Gasteiger charge is -2.45. The maximum atomic E-state index is 13.9. The molecule has 1 aromatic carbocycles. The number of carbonyl (C=O) groups excluding carboxylic acids is 1. The number of halogens is 1. The van der Waals surface area contributed by atoms with E-state index in [4.69, 9.17) is 14.2 Å². The van der Waals surface area contributed by atoms with Crippen LogP contribution in [0.25, 0.3) is 0 Å². The molecule has 3 heterocycles. The smallest absolute Gasteiger partial charge is 0.316 e. The number of hydrogen-bond donors (Lipinski definition) is 0. The number of likely N-dealkylation sites (tertiary alicyclic amines) is 1. The summed E-state index contributed by atoms with van der Waals surface area (Å²) in [5.41, 5.74) is 0.0193. The first-order valence-electron chi connectivity index (χ1n) is 9.79. The molecule has 29 heavy (non-hydrogen) atoms. The molecule has 1 amide bonds. The second-order valence-electron chi connectivity index (χ2n) is 7.44. The van der Waals surface area contributed by atoms with Crippen LogP contribution in [0.2, 0.25) is 0 Å². The van der Waals surface area contributed by atoms with Crippen molar-refractivity contribution in [1.82, 2.24) is 14.9 Å². The number of rotatable bonds is 4. The van der Waals surface area contributed by atoms with Gasteiger partial charge in [0.2, 0.25) is 0 Å². The zero-order valence-electron chi connectivity index (χ0n) is 16.3. The highest BCUT2D eigenvalue weighted by atomic mass is 19.1. The lowest BCUT2D eigenvalue weighted by Crippen LogP contribution is -2.52. The van der Waals surface area contributed by atoms with Crippen molar-refractivity contribution >= 4 is 5.91 Å². The molecule has 0 bridgehead atoms. The van der Waals surface area contributed by atoms with E-state index in [1.54, 1.807) is 29.4 Å². The normalized spacial score (nSPS) is 21.0. The van der Waals surface area contributed by atoms with Crippen LogP contribution < -0.4 is 9.47 Å². The number of aromatic nitrogens is 2. The Hall–Kier alpha value is -2.74. The van der Waals surface area contributed by atoms with Gasteiger partial charge in [-0.3, -0.25) is 4.79 Å². The number of methoxy groups -OCH3 is 1. The fraction of sp³-hybridized carbons (Fsp3) is 0.476. The van der Waals surface area contributed by atoms with E-state index in [1.807, 2.05) is 0 Å². The van der Waals surface area contributed by atoms with Gasteiger partial charge in [0.1, 0.15) is 6.10 Å². The maximum absolute atomic E-state index is 13.9. The van der Waals surface area contributed by atoms with Gasteiger partial charge in [-0.15, -0.1) is 0 Å². The molecule has 0 saturated carbocycles. The summed E-state index contributed by atoms with van der Waals surface area (Å²) in [6, 6.07) is 6.43. The molecule has 1 spiro atoms. The number of benzene rings is 1. The van der Waals surface area contributed by atoms with Crippen molar-refractivity contribution in [3.63, 3.8) is 0 Å². The van der Waals surface area contributed by atoms with E-state index in [0.29, 0.717) is 44.1 Å². The molecule has 7 nitrogen and oxygen atoms in total.